The van der Waals surface area contributed by atoms with Crippen LogP contribution in [-0.2, 0) is 6.42 Å². The molecule has 1 aromatic heterocycles. The van der Waals surface area contributed by atoms with Gasteiger partial charge in [0.2, 0.25) is 5.52 Å². The number of hydrogen-bond acceptors (Lipinski definition) is 10. The summed E-state index contributed by atoms with van der Waals surface area (Å²) in [6.45, 7) is 0.102. The average molecular weight is 478 g/mol. The maximum atomic E-state index is 12.8. The number of nitrogens with two attached hydrogens (primary N) is 1. The van der Waals surface area contributed by atoms with Gasteiger partial charge in [-0.1, -0.05) is 18.2 Å². The number of phenols is 2. The molecule has 0 aliphatic carbocycles. The van der Waals surface area contributed by atoms with Crippen molar-refractivity contribution < 1.29 is 29.4 Å². The normalized spacial score (nSPS) is 10.7. The third kappa shape index (κ3) is 4.50. The molecule has 0 fully saturated rings. The van der Waals surface area contributed by atoms with E-state index in [9.17, 15) is 29.9 Å². The van der Waals surface area contributed by atoms with Gasteiger partial charge in [0.1, 0.15) is 0 Å². The number of aromatic hydroxyl groups is 2. The molecular formula is C22H18N6O7. The average Bonchev–Trinajstić information content (AvgIpc) is 3.32. The van der Waals surface area contributed by atoms with Gasteiger partial charge in [-0.25, -0.2) is 4.63 Å². The highest BCUT2D eigenvalue weighted by Gasteiger charge is 2.21. The molecule has 0 aliphatic rings. The molecule has 0 spiro atoms. The molecule has 0 atom stereocenters. The smallest absolute Gasteiger partial charge is 0.300 e. The molecule has 35 heavy (non-hydrogen) atoms. The summed E-state index contributed by atoms with van der Waals surface area (Å²) in [5, 5.41) is 44.3. The number of nitro benzene ring substituents is 1. The third-order valence-corrected chi connectivity index (χ3v) is 5.21. The number of carbonyl (C=O) groups is 2. The van der Waals surface area contributed by atoms with E-state index >= 15 is 0 Å². The van der Waals surface area contributed by atoms with Crippen molar-refractivity contribution in [2.75, 3.05) is 11.9 Å². The monoisotopic (exact) mass is 478 g/mol. The number of amides is 2. The van der Waals surface area contributed by atoms with Crippen LogP contribution in [0.1, 0.15) is 26.3 Å². The van der Waals surface area contributed by atoms with E-state index in [0.29, 0.717) is 16.9 Å². The number of primary amides is 1. The lowest BCUT2D eigenvalue weighted by Gasteiger charge is -2.13. The van der Waals surface area contributed by atoms with Crippen LogP contribution < -0.4 is 16.4 Å². The zero-order chi connectivity index (χ0) is 25.1. The molecule has 3 aromatic carbocycles. The fourth-order valence-electron chi connectivity index (χ4n) is 3.46. The number of rotatable bonds is 8. The van der Waals surface area contributed by atoms with Crippen LogP contribution >= 0.6 is 0 Å². The second-order valence-electron chi connectivity index (χ2n) is 7.36. The van der Waals surface area contributed by atoms with Gasteiger partial charge in [-0.05, 0) is 46.6 Å². The second kappa shape index (κ2) is 9.35. The number of carbonyl (C=O) groups excluding carboxylic acids is 2. The SMILES string of the molecule is NC(=O)c1ccc(CCNC(=O)c2ccccc2Nc2ccc([N+](=O)[O-])c3nonc23)c(O)c1O. The quantitative estimate of drug-likeness (QED) is 0.142. The Bertz CT molecular complexity index is 1470. The summed E-state index contributed by atoms with van der Waals surface area (Å²) >= 11 is 0. The van der Waals surface area contributed by atoms with Gasteiger partial charge >= 0.3 is 5.69 Å². The molecule has 2 amide bonds. The van der Waals surface area contributed by atoms with E-state index in [4.69, 9.17) is 5.73 Å². The van der Waals surface area contributed by atoms with Crippen LogP contribution in [0.25, 0.3) is 11.0 Å². The lowest BCUT2D eigenvalue weighted by molar-refractivity contribution is -0.383. The van der Waals surface area contributed by atoms with Crippen LogP contribution in [0.3, 0.4) is 0 Å². The molecule has 4 aromatic rings. The Balaban J connectivity index is 1.50. The number of para-hydroxylation sites is 1. The van der Waals surface area contributed by atoms with Crippen LogP contribution in [0.15, 0.2) is 53.2 Å². The van der Waals surface area contributed by atoms with Gasteiger partial charge in [-0.15, -0.1) is 0 Å². The van der Waals surface area contributed by atoms with E-state index < -0.39 is 28.2 Å². The number of nitrogens with one attached hydrogen (secondary N) is 2. The molecule has 0 saturated carbocycles. The van der Waals surface area contributed by atoms with Crippen molar-refractivity contribution in [3.05, 3.63) is 75.3 Å². The molecule has 1 heterocycles. The number of phenolic OH excluding ortho intramolecular Hbond substituents is 1. The van der Waals surface area contributed by atoms with Crippen LogP contribution in [-0.4, -0.2) is 43.8 Å². The number of hydrogen-bond donors (Lipinski definition) is 5. The first-order chi connectivity index (χ1) is 16.8. The van der Waals surface area contributed by atoms with Gasteiger partial charge in [0.25, 0.3) is 11.8 Å². The van der Waals surface area contributed by atoms with Gasteiger partial charge in [0.15, 0.2) is 17.0 Å². The summed E-state index contributed by atoms with van der Waals surface area (Å²) in [5.74, 6) is -2.43. The topological polar surface area (TPSA) is 207 Å². The summed E-state index contributed by atoms with van der Waals surface area (Å²) in [4.78, 5) is 34.7. The van der Waals surface area contributed by atoms with Crippen molar-refractivity contribution in [3.8, 4) is 11.5 Å². The van der Waals surface area contributed by atoms with Crippen molar-refractivity contribution in [1.29, 1.82) is 0 Å². The van der Waals surface area contributed by atoms with Gasteiger partial charge in [-0.3, -0.25) is 19.7 Å². The Labute approximate surface area is 196 Å². The van der Waals surface area contributed by atoms with Gasteiger partial charge in [-0.2, -0.15) is 0 Å². The maximum absolute atomic E-state index is 12.8. The fraction of sp³-hybridized carbons (Fsp3) is 0.0909. The number of fused-ring (bicyclic) bond motifs is 1. The van der Waals surface area contributed by atoms with Gasteiger partial charge < -0.3 is 26.6 Å². The first-order valence-corrected chi connectivity index (χ1v) is 10.2. The molecule has 0 saturated heterocycles. The summed E-state index contributed by atoms with van der Waals surface area (Å²) in [6, 6.07) is 12.0. The maximum Gasteiger partial charge on any atom is 0.300 e. The lowest BCUT2D eigenvalue weighted by atomic mass is 10.1. The summed E-state index contributed by atoms with van der Waals surface area (Å²) in [7, 11) is 0. The highest BCUT2D eigenvalue weighted by Crippen LogP contribution is 2.33. The molecule has 178 valence electrons. The number of aromatic nitrogens is 2. The number of non-ortho nitro benzene ring substituents is 1. The number of benzene rings is 3. The third-order valence-electron chi connectivity index (χ3n) is 5.21. The van der Waals surface area contributed by atoms with E-state index in [1.54, 1.807) is 24.3 Å². The standard InChI is InChI=1S/C22H18N6O7/c23-21(31)13-6-5-11(19(29)20(13)30)9-10-24-22(32)12-3-1-2-4-14(12)25-15-7-8-16(28(33)34)18-17(15)26-35-27-18/h1-8,25,29-30H,9-10H2,(H2,23,31)(H,24,32). The first-order valence-electron chi connectivity index (χ1n) is 10.2. The molecule has 13 heteroatoms. The van der Waals surface area contributed by atoms with Crippen LogP contribution in [0.2, 0.25) is 0 Å². The summed E-state index contributed by atoms with van der Waals surface area (Å²) in [6.07, 6.45) is 0.160. The van der Waals surface area contributed by atoms with Crippen LogP contribution in [0.5, 0.6) is 11.5 Å². The molecular weight excluding hydrogens is 460 g/mol. The van der Waals surface area contributed by atoms with E-state index in [-0.39, 0.29) is 40.8 Å². The number of nitrogens with zero attached hydrogens (tertiary/aromatic N) is 3. The highest BCUT2D eigenvalue weighted by atomic mass is 16.6. The second-order valence-corrected chi connectivity index (χ2v) is 7.36. The zero-order valence-electron chi connectivity index (χ0n) is 17.9. The Hall–Kier alpha value is -5.20. The first kappa shape index (κ1) is 23.0. The molecule has 0 unspecified atom stereocenters. The number of anilines is 2. The van der Waals surface area contributed by atoms with E-state index in [1.807, 2.05) is 0 Å². The van der Waals surface area contributed by atoms with Crippen LogP contribution in [0, 0.1) is 10.1 Å². The molecule has 13 nitrogen and oxygen atoms in total. The predicted octanol–water partition coefficient (Wildman–Crippen LogP) is 2.36. The van der Waals surface area contributed by atoms with Gasteiger partial charge in [0.05, 0.1) is 27.4 Å². The van der Waals surface area contributed by atoms with E-state index in [2.05, 4.69) is 25.6 Å². The summed E-state index contributed by atoms with van der Waals surface area (Å²) in [5.41, 5.74) is 6.08. The number of nitro groups is 1. The minimum absolute atomic E-state index is 0.0349. The Morgan fingerprint density at radius 2 is 1.71 bits per heavy atom. The molecule has 0 radical (unpaired) electrons. The van der Waals surface area contributed by atoms with Crippen molar-refractivity contribution in [2.24, 2.45) is 5.73 Å². The van der Waals surface area contributed by atoms with Crippen molar-refractivity contribution in [3.63, 3.8) is 0 Å². The molecule has 4 rings (SSSR count). The molecule has 0 aliphatic heterocycles. The minimum atomic E-state index is -0.881. The Morgan fingerprint density at radius 1 is 0.971 bits per heavy atom. The Kier molecular flexibility index (Phi) is 6.14. The zero-order valence-corrected chi connectivity index (χ0v) is 17.9. The minimum Gasteiger partial charge on any atom is -0.504 e. The van der Waals surface area contributed by atoms with Crippen molar-refractivity contribution in [2.45, 2.75) is 6.42 Å². The largest absolute Gasteiger partial charge is 0.504 e. The van der Waals surface area contributed by atoms with Crippen LogP contribution in [0.4, 0.5) is 17.1 Å². The lowest BCUT2D eigenvalue weighted by Crippen LogP contribution is -2.26. The fourth-order valence-corrected chi connectivity index (χ4v) is 3.46. The van der Waals surface area contributed by atoms with Crippen molar-refractivity contribution >= 4 is 39.9 Å². The molecule has 6 N–H and O–H groups in total. The molecule has 0 bridgehead atoms. The van der Waals surface area contributed by atoms with E-state index in [1.165, 1.54) is 24.3 Å². The summed E-state index contributed by atoms with van der Waals surface area (Å²) < 4.78 is 4.66. The predicted molar refractivity (Wildman–Crippen MR) is 123 cm³/mol. The Morgan fingerprint density at radius 3 is 2.46 bits per heavy atom. The van der Waals surface area contributed by atoms with E-state index in [0.717, 1.165) is 0 Å². The van der Waals surface area contributed by atoms with Gasteiger partial charge in [0, 0.05) is 12.6 Å². The highest BCUT2D eigenvalue weighted by molar-refractivity contribution is 6.02. The van der Waals surface area contributed by atoms with Crippen molar-refractivity contribution in [1.82, 2.24) is 15.6 Å².